The molecule has 0 amide bonds. The van der Waals surface area contributed by atoms with Crippen LogP contribution in [0.5, 0.6) is 0 Å². The first-order valence-corrected chi connectivity index (χ1v) is 23.4. The van der Waals surface area contributed by atoms with Crippen LogP contribution in [0.25, 0.3) is 0 Å². The van der Waals surface area contributed by atoms with Gasteiger partial charge in [0.2, 0.25) is 0 Å². The lowest BCUT2D eigenvalue weighted by Gasteiger charge is -2.27. The van der Waals surface area contributed by atoms with Crippen LogP contribution in [0.3, 0.4) is 0 Å². The quantitative estimate of drug-likeness (QED) is 0.0382. The zero-order valence-corrected chi connectivity index (χ0v) is 37.5. The van der Waals surface area contributed by atoms with Gasteiger partial charge in [-0.15, -0.1) is 0 Å². The number of hydrogen-bond acceptors (Lipinski definition) is 6. The molecule has 0 fully saturated rings. The minimum absolute atomic E-state index is 0.315. The molecule has 3 aromatic rings. The first-order valence-electron chi connectivity index (χ1n) is 23.4. The number of esters is 2. The fourth-order valence-corrected chi connectivity index (χ4v) is 8.19. The maximum atomic E-state index is 13.1. The highest BCUT2D eigenvalue weighted by molar-refractivity contribution is 6.03. The number of unbranched alkanes of at least 4 members (excludes halogenated alkanes) is 4. The highest BCUT2D eigenvalue weighted by Crippen LogP contribution is 2.33. The molecule has 3 rings (SSSR count). The molecule has 4 atom stereocenters. The van der Waals surface area contributed by atoms with Gasteiger partial charge in [-0.25, -0.2) is 9.59 Å². The maximum Gasteiger partial charge on any atom is 0.339 e. The average Bonchev–Trinajstić information content (AvgIpc) is 3.26. The molecular weight excluding hydrogens is 717 g/mol. The van der Waals surface area contributed by atoms with E-state index in [4.69, 9.17) is 9.47 Å². The molecule has 3 aromatic carbocycles. The van der Waals surface area contributed by atoms with Gasteiger partial charge in [0.25, 0.3) is 0 Å². The third-order valence-electron chi connectivity index (χ3n) is 11.4. The van der Waals surface area contributed by atoms with Crippen LogP contribution in [-0.4, -0.2) is 25.2 Å². The van der Waals surface area contributed by atoms with Crippen molar-refractivity contribution in [3.05, 3.63) is 96.1 Å². The highest BCUT2D eigenvalue weighted by atomic mass is 16.5. The second-order valence-electron chi connectivity index (χ2n) is 16.2. The number of carbonyl (C=O) groups excluding carboxylic acids is 2. The normalized spacial score (nSPS) is 13.3. The summed E-state index contributed by atoms with van der Waals surface area (Å²) >= 11 is 0. The minimum Gasteiger partial charge on any atom is -0.462 e. The summed E-state index contributed by atoms with van der Waals surface area (Å²) < 4.78 is 11.4. The largest absolute Gasteiger partial charge is 0.462 e. The Morgan fingerprint density at radius 1 is 0.397 bits per heavy atom. The lowest BCUT2D eigenvalue weighted by atomic mass is 9.79. The summed E-state index contributed by atoms with van der Waals surface area (Å²) in [5.41, 5.74) is 2.37. The molecule has 0 radical (unpaired) electrons. The SMILES string of the molecule is CCCCC(CCC)C(CCCC)CCCOC(=O)c1ccccc1C(=O)OCCCC(CCCC)C(CCC)CCCC.c1ccc(/N=N/c2ccccc2)cc1. The van der Waals surface area contributed by atoms with Crippen molar-refractivity contribution in [2.24, 2.45) is 33.9 Å². The number of nitrogens with zero attached hydrogens (tertiary/aromatic N) is 2. The number of carbonyl (C=O) groups is 2. The van der Waals surface area contributed by atoms with E-state index in [1.165, 1.54) is 103 Å². The number of rotatable bonds is 30. The number of ether oxygens (including phenoxy) is 2. The number of azo groups is 1. The maximum absolute atomic E-state index is 13.1. The first kappa shape index (κ1) is 50.3. The van der Waals surface area contributed by atoms with Crippen molar-refractivity contribution < 1.29 is 19.1 Å². The van der Waals surface area contributed by atoms with Crippen molar-refractivity contribution in [2.45, 2.75) is 170 Å². The van der Waals surface area contributed by atoms with Gasteiger partial charge in [-0.1, -0.05) is 193 Å². The molecule has 0 saturated heterocycles. The predicted octanol–water partition coefficient (Wildman–Crippen LogP) is 16.5. The molecular formula is C52H80N2O4. The Bertz CT molecular complexity index is 1370. The second-order valence-corrected chi connectivity index (χ2v) is 16.2. The highest BCUT2D eigenvalue weighted by Gasteiger charge is 2.23. The van der Waals surface area contributed by atoms with Crippen molar-refractivity contribution in [1.29, 1.82) is 0 Å². The van der Waals surface area contributed by atoms with Gasteiger partial charge in [-0.2, -0.15) is 10.2 Å². The molecule has 0 saturated carbocycles. The molecule has 6 nitrogen and oxygen atoms in total. The van der Waals surface area contributed by atoms with Crippen LogP contribution in [-0.2, 0) is 9.47 Å². The summed E-state index contributed by atoms with van der Waals surface area (Å²) in [7, 11) is 0. The Hall–Kier alpha value is -3.80. The molecule has 0 aliphatic heterocycles. The summed E-state index contributed by atoms with van der Waals surface area (Å²) in [5.74, 6) is 2.11. The van der Waals surface area contributed by atoms with Gasteiger partial charge in [0.05, 0.1) is 35.7 Å². The number of benzene rings is 3. The van der Waals surface area contributed by atoms with E-state index in [1.54, 1.807) is 24.3 Å². The summed E-state index contributed by atoms with van der Waals surface area (Å²) in [6.45, 7) is 14.5. The monoisotopic (exact) mass is 797 g/mol. The van der Waals surface area contributed by atoms with E-state index >= 15 is 0 Å². The van der Waals surface area contributed by atoms with Gasteiger partial charge >= 0.3 is 11.9 Å². The van der Waals surface area contributed by atoms with Gasteiger partial charge in [0.1, 0.15) is 0 Å². The van der Waals surface area contributed by atoms with E-state index < -0.39 is 11.9 Å². The van der Waals surface area contributed by atoms with Crippen molar-refractivity contribution in [2.75, 3.05) is 13.2 Å². The zero-order valence-electron chi connectivity index (χ0n) is 37.5. The Labute approximate surface area is 354 Å². The van der Waals surface area contributed by atoms with Crippen LogP contribution < -0.4 is 0 Å². The lowest BCUT2D eigenvalue weighted by molar-refractivity contribution is 0.0441. The Balaban J connectivity index is 0.000000685. The fraction of sp³-hybridized carbons (Fsp3) is 0.615. The summed E-state index contributed by atoms with van der Waals surface area (Å²) in [5, 5.41) is 8.20. The van der Waals surface area contributed by atoms with Crippen LogP contribution in [0.1, 0.15) is 191 Å². The van der Waals surface area contributed by atoms with Crippen molar-refractivity contribution >= 4 is 23.3 Å². The van der Waals surface area contributed by atoms with E-state index in [2.05, 4.69) is 51.8 Å². The van der Waals surface area contributed by atoms with E-state index in [-0.39, 0.29) is 0 Å². The molecule has 6 heteroatoms. The standard InChI is InChI=1S/C40H70O4.C12H10N2/c1-7-13-23-33(21-11-5)35(25-15-9-3)27-19-31-43-39(41)37-29-17-18-30-38(37)40(42)44-32-20-28-36(26-16-10-4)34(22-12-6)24-14-8-2;1-3-7-11(8-4-1)13-14-12-9-5-2-6-10-12/h17-18,29-30,33-36H,7-16,19-28,31-32H2,1-6H3;1-10H/b;14-13+. The summed E-state index contributed by atoms with van der Waals surface area (Å²) in [6, 6.07) is 26.3. The number of hydrogen-bond donors (Lipinski definition) is 0. The fourth-order valence-electron chi connectivity index (χ4n) is 8.19. The van der Waals surface area contributed by atoms with E-state index in [1.807, 2.05) is 60.7 Å². The molecule has 0 N–H and O–H groups in total. The molecule has 322 valence electrons. The smallest absolute Gasteiger partial charge is 0.339 e. The van der Waals surface area contributed by atoms with Gasteiger partial charge in [-0.05, 0) is 85.8 Å². The van der Waals surface area contributed by atoms with Crippen LogP contribution in [0.2, 0.25) is 0 Å². The third-order valence-corrected chi connectivity index (χ3v) is 11.4. The molecule has 58 heavy (non-hydrogen) atoms. The second kappa shape index (κ2) is 33.1. The zero-order chi connectivity index (χ0) is 42.1. The van der Waals surface area contributed by atoms with Gasteiger partial charge in [0, 0.05) is 0 Å². The first-order chi connectivity index (χ1) is 28.4. The van der Waals surface area contributed by atoms with Crippen molar-refractivity contribution in [3.63, 3.8) is 0 Å². The predicted molar refractivity (Wildman–Crippen MR) is 244 cm³/mol. The van der Waals surface area contributed by atoms with E-state index in [0.29, 0.717) is 36.2 Å². The molecule has 0 spiro atoms. The van der Waals surface area contributed by atoms with Crippen molar-refractivity contribution in [1.82, 2.24) is 0 Å². The van der Waals surface area contributed by atoms with Crippen LogP contribution in [0.4, 0.5) is 11.4 Å². The summed E-state index contributed by atoms with van der Waals surface area (Å²) in [6.07, 6.45) is 24.2. The molecule has 0 bridgehead atoms. The van der Waals surface area contributed by atoms with Crippen LogP contribution in [0.15, 0.2) is 95.2 Å². The lowest BCUT2D eigenvalue weighted by Crippen LogP contribution is -2.18. The topological polar surface area (TPSA) is 77.3 Å². The average molecular weight is 797 g/mol. The van der Waals surface area contributed by atoms with E-state index in [9.17, 15) is 9.59 Å². The Morgan fingerprint density at radius 2 is 0.690 bits per heavy atom. The van der Waals surface area contributed by atoms with Gasteiger partial charge < -0.3 is 9.47 Å². The molecule has 0 aromatic heterocycles. The van der Waals surface area contributed by atoms with E-state index in [0.717, 1.165) is 48.9 Å². The third kappa shape index (κ3) is 21.3. The molecule has 4 unspecified atom stereocenters. The van der Waals surface area contributed by atoms with Crippen LogP contribution in [0, 0.1) is 23.7 Å². The molecule has 0 aliphatic rings. The van der Waals surface area contributed by atoms with Crippen LogP contribution >= 0.6 is 0 Å². The van der Waals surface area contributed by atoms with Gasteiger partial charge in [0.15, 0.2) is 0 Å². The Morgan fingerprint density at radius 3 is 1.00 bits per heavy atom. The van der Waals surface area contributed by atoms with Gasteiger partial charge in [-0.3, -0.25) is 0 Å². The minimum atomic E-state index is -0.420. The molecule has 0 aliphatic carbocycles. The Kier molecular flexibility index (Phi) is 28.7. The van der Waals surface area contributed by atoms with Crippen molar-refractivity contribution in [3.8, 4) is 0 Å². The summed E-state index contributed by atoms with van der Waals surface area (Å²) in [4.78, 5) is 26.2. The molecule has 0 heterocycles.